The van der Waals surface area contributed by atoms with Crippen molar-refractivity contribution < 1.29 is 32.2 Å². The second-order valence-corrected chi connectivity index (χ2v) is 11.4. The third-order valence-electron chi connectivity index (χ3n) is 6.77. The van der Waals surface area contributed by atoms with Crippen LogP contribution in [0.25, 0.3) is 0 Å². The molecule has 9 nitrogen and oxygen atoms in total. The molecule has 0 bridgehead atoms. The summed E-state index contributed by atoms with van der Waals surface area (Å²) in [6.07, 6.45) is 2.11. The molecule has 34 heavy (non-hydrogen) atoms. The maximum absolute atomic E-state index is 13.3. The molecule has 1 amide bonds. The first-order valence-corrected chi connectivity index (χ1v) is 13.2. The van der Waals surface area contributed by atoms with Gasteiger partial charge in [0, 0.05) is 26.2 Å². The van der Waals surface area contributed by atoms with Gasteiger partial charge in [0.25, 0.3) is 5.91 Å². The molecule has 184 valence electrons. The smallest absolute Gasteiger partial charge is 0.349 e. The van der Waals surface area contributed by atoms with E-state index in [1.165, 1.54) is 24.6 Å². The first-order chi connectivity index (χ1) is 16.2. The standard InChI is InChI=1S/C23H28N2O7S2/c1-30-16-4-5-18(31-2)17(14-16)21(26)24-10-7-23(8-11-24)9-12-25(15-23)34(28,29)19-6-13-33-20(19)22(27)32-3/h4-6,13-14H,7-12,15H2,1-3H3. The third-order valence-corrected chi connectivity index (χ3v) is 9.68. The van der Waals surface area contributed by atoms with Gasteiger partial charge < -0.3 is 19.1 Å². The largest absolute Gasteiger partial charge is 0.497 e. The van der Waals surface area contributed by atoms with E-state index in [0.717, 1.165) is 11.3 Å². The van der Waals surface area contributed by atoms with E-state index in [-0.39, 0.29) is 21.1 Å². The summed E-state index contributed by atoms with van der Waals surface area (Å²) in [5, 5.41) is 1.59. The van der Waals surface area contributed by atoms with Crippen molar-refractivity contribution >= 4 is 33.2 Å². The van der Waals surface area contributed by atoms with Gasteiger partial charge in [-0.05, 0) is 54.3 Å². The molecule has 0 unspecified atom stereocenters. The van der Waals surface area contributed by atoms with Gasteiger partial charge in [0.2, 0.25) is 10.0 Å². The van der Waals surface area contributed by atoms with Crippen LogP contribution in [0.5, 0.6) is 11.5 Å². The minimum Gasteiger partial charge on any atom is -0.497 e. The molecule has 2 aromatic rings. The molecule has 1 spiro atoms. The SMILES string of the molecule is COC(=O)c1sccc1S(=O)(=O)N1CCC2(CCN(C(=O)c3cc(OC)ccc3OC)CC2)C1. The maximum atomic E-state index is 13.3. The fourth-order valence-corrected chi connectivity index (χ4v) is 7.59. The number of esters is 1. The lowest BCUT2D eigenvalue weighted by atomic mass is 9.78. The predicted molar refractivity (Wildman–Crippen MR) is 126 cm³/mol. The van der Waals surface area contributed by atoms with Crippen molar-refractivity contribution in [2.24, 2.45) is 5.41 Å². The quantitative estimate of drug-likeness (QED) is 0.553. The first kappa shape index (κ1) is 24.5. The van der Waals surface area contributed by atoms with Gasteiger partial charge in [-0.1, -0.05) is 0 Å². The Kier molecular flexibility index (Phi) is 6.88. The van der Waals surface area contributed by atoms with E-state index >= 15 is 0 Å². The molecule has 2 aliphatic heterocycles. The van der Waals surface area contributed by atoms with Crippen LogP contribution in [0.4, 0.5) is 0 Å². The number of sulfonamides is 1. The molecule has 0 N–H and O–H groups in total. The monoisotopic (exact) mass is 508 g/mol. The van der Waals surface area contributed by atoms with Crippen molar-refractivity contribution in [2.75, 3.05) is 47.5 Å². The Labute approximate surface area is 203 Å². The zero-order valence-corrected chi connectivity index (χ0v) is 21.0. The van der Waals surface area contributed by atoms with E-state index in [2.05, 4.69) is 0 Å². The van der Waals surface area contributed by atoms with E-state index in [1.54, 1.807) is 35.6 Å². The number of rotatable bonds is 6. The van der Waals surface area contributed by atoms with Gasteiger partial charge in [-0.3, -0.25) is 4.79 Å². The van der Waals surface area contributed by atoms with E-state index < -0.39 is 16.0 Å². The lowest BCUT2D eigenvalue weighted by molar-refractivity contribution is 0.0592. The molecule has 0 aliphatic carbocycles. The number of piperidine rings is 1. The molecule has 1 aromatic carbocycles. The summed E-state index contributed by atoms with van der Waals surface area (Å²) >= 11 is 1.06. The number of benzene rings is 1. The van der Waals surface area contributed by atoms with Crippen LogP contribution in [0.15, 0.2) is 34.5 Å². The Morgan fingerprint density at radius 3 is 2.35 bits per heavy atom. The molecule has 11 heteroatoms. The minimum absolute atomic E-state index is 0.000802. The fourth-order valence-electron chi connectivity index (χ4n) is 4.72. The van der Waals surface area contributed by atoms with Gasteiger partial charge in [-0.25, -0.2) is 13.2 Å². The molecule has 2 aliphatic rings. The molecule has 2 fully saturated rings. The normalized spacial score (nSPS) is 18.1. The van der Waals surface area contributed by atoms with Crippen molar-refractivity contribution in [3.8, 4) is 11.5 Å². The van der Waals surface area contributed by atoms with E-state index in [4.69, 9.17) is 14.2 Å². The zero-order valence-electron chi connectivity index (χ0n) is 19.4. The number of likely N-dealkylation sites (tertiary alicyclic amines) is 1. The second-order valence-electron chi connectivity index (χ2n) is 8.55. The van der Waals surface area contributed by atoms with Crippen LogP contribution < -0.4 is 9.47 Å². The highest BCUT2D eigenvalue weighted by molar-refractivity contribution is 7.89. The Bertz CT molecular complexity index is 1180. The van der Waals surface area contributed by atoms with Gasteiger partial charge in [-0.15, -0.1) is 11.3 Å². The summed E-state index contributed by atoms with van der Waals surface area (Å²) in [6.45, 7) is 1.81. The molecule has 3 heterocycles. The molecular weight excluding hydrogens is 480 g/mol. The first-order valence-electron chi connectivity index (χ1n) is 10.9. The lowest BCUT2D eigenvalue weighted by Gasteiger charge is -2.39. The van der Waals surface area contributed by atoms with Crippen LogP contribution in [-0.2, 0) is 14.8 Å². The van der Waals surface area contributed by atoms with Crippen LogP contribution >= 0.6 is 11.3 Å². The number of nitrogens with zero attached hydrogens (tertiary/aromatic N) is 2. The highest BCUT2D eigenvalue weighted by Crippen LogP contribution is 2.43. The Morgan fingerprint density at radius 2 is 1.71 bits per heavy atom. The van der Waals surface area contributed by atoms with Crippen LogP contribution in [-0.4, -0.2) is 77.0 Å². The van der Waals surface area contributed by atoms with E-state index in [1.807, 2.05) is 0 Å². The Hall–Kier alpha value is -2.63. The van der Waals surface area contributed by atoms with Crippen molar-refractivity contribution in [3.05, 3.63) is 40.1 Å². The maximum Gasteiger partial charge on any atom is 0.349 e. The summed E-state index contributed by atoms with van der Waals surface area (Å²) in [6, 6.07) is 6.59. The summed E-state index contributed by atoms with van der Waals surface area (Å²) in [5.41, 5.74) is 0.255. The fraction of sp³-hybridized carbons (Fsp3) is 0.478. The molecule has 0 radical (unpaired) electrons. The second kappa shape index (κ2) is 9.55. The number of ether oxygens (including phenoxy) is 3. The summed E-state index contributed by atoms with van der Waals surface area (Å²) in [5.74, 6) is 0.284. The van der Waals surface area contributed by atoms with Gasteiger partial charge in [0.1, 0.15) is 21.3 Å². The topological polar surface area (TPSA) is 102 Å². The average molecular weight is 509 g/mol. The van der Waals surface area contributed by atoms with Gasteiger partial charge in [0.15, 0.2) is 0 Å². The van der Waals surface area contributed by atoms with Crippen molar-refractivity contribution in [1.29, 1.82) is 0 Å². The average Bonchev–Trinajstić information content (AvgIpc) is 3.52. The predicted octanol–water partition coefficient (Wildman–Crippen LogP) is 2.87. The molecule has 0 saturated carbocycles. The highest BCUT2D eigenvalue weighted by atomic mass is 32.2. The van der Waals surface area contributed by atoms with Crippen LogP contribution in [0.3, 0.4) is 0 Å². The third kappa shape index (κ3) is 4.39. The van der Waals surface area contributed by atoms with E-state index in [0.29, 0.717) is 62.5 Å². The van der Waals surface area contributed by atoms with Crippen molar-refractivity contribution in [1.82, 2.24) is 9.21 Å². The molecule has 0 atom stereocenters. The minimum atomic E-state index is -3.81. The van der Waals surface area contributed by atoms with Gasteiger partial charge >= 0.3 is 5.97 Å². The number of carbonyl (C=O) groups is 2. The van der Waals surface area contributed by atoms with Crippen molar-refractivity contribution in [2.45, 2.75) is 24.2 Å². The molecular formula is C23H28N2O7S2. The number of methoxy groups -OCH3 is 3. The van der Waals surface area contributed by atoms with E-state index in [9.17, 15) is 18.0 Å². The molecule has 4 rings (SSSR count). The van der Waals surface area contributed by atoms with Gasteiger partial charge in [-0.2, -0.15) is 4.31 Å². The van der Waals surface area contributed by atoms with Gasteiger partial charge in [0.05, 0.1) is 26.9 Å². The zero-order chi connectivity index (χ0) is 24.5. The van der Waals surface area contributed by atoms with Crippen LogP contribution in [0.2, 0.25) is 0 Å². The summed E-state index contributed by atoms with van der Waals surface area (Å²) in [4.78, 5) is 27.1. The Balaban J connectivity index is 1.46. The number of carbonyl (C=O) groups excluding carboxylic acids is 2. The van der Waals surface area contributed by atoms with Crippen LogP contribution in [0, 0.1) is 5.41 Å². The summed E-state index contributed by atoms with van der Waals surface area (Å²) in [7, 11) is 0.492. The number of amides is 1. The van der Waals surface area contributed by atoms with Crippen molar-refractivity contribution in [3.63, 3.8) is 0 Å². The molecule has 1 aromatic heterocycles. The molecule has 2 saturated heterocycles. The Morgan fingerprint density at radius 1 is 1.00 bits per heavy atom. The number of thiophene rings is 1. The lowest BCUT2D eigenvalue weighted by Crippen LogP contribution is -2.44. The highest BCUT2D eigenvalue weighted by Gasteiger charge is 2.46. The number of hydrogen-bond acceptors (Lipinski definition) is 8. The summed E-state index contributed by atoms with van der Waals surface area (Å²) < 4.78 is 43.4. The number of hydrogen-bond donors (Lipinski definition) is 0. The van der Waals surface area contributed by atoms with Crippen LogP contribution in [0.1, 0.15) is 39.3 Å².